The van der Waals surface area contributed by atoms with Gasteiger partial charge < -0.3 is 0 Å². The average molecular weight is 224 g/mol. The Morgan fingerprint density at radius 1 is 1.56 bits per heavy atom. The highest BCUT2D eigenvalue weighted by molar-refractivity contribution is 9.22. The molecule has 0 fully saturated rings. The van der Waals surface area contributed by atoms with E-state index < -0.39 is 0 Å². The number of allylic oxidation sites excluding steroid dienone is 2. The zero-order valence-electron chi connectivity index (χ0n) is 5.14. The summed E-state index contributed by atoms with van der Waals surface area (Å²) in [6.45, 7) is 4.01. The molecule has 1 aliphatic heterocycles. The maximum atomic E-state index is 5.12. The average Bonchev–Trinajstić information content (AvgIpc) is 1.98. The Morgan fingerprint density at radius 3 is 2.22 bits per heavy atom. The number of halogens is 1. The number of nitrogens with zero attached hydrogens (tertiary/aromatic N) is 1. The highest BCUT2D eigenvalue weighted by Gasteiger charge is 2.13. The largest absolute Gasteiger partial charge is 0.238 e. The highest BCUT2D eigenvalue weighted by Crippen LogP contribution is 2.21. The van der Waals surface area contributed by atoms with Gasteiger partial charge in [-0.2, -0.15) is 0 Å². The molecule has 0 bridgehead atoms. The third-order valence-electron chi connectivity index (χ3n) is 1.20. The van der Waals surface area contributed by atoms with Gasteiger partial charge in [0.25, 0.3) is 0 Å². The molecule has 0 N–H and O–H groups in total. The first-order valence-electron chi connectivity index (χ1n) is 2.46. The van der Waals surface area contributed by atoms with Gasteiger partial charge in [-0.3, -0.25) is 0 Å². The van der Waals surface area contributed by atoms with Gasteiger partial charge in [-0.15, -0.1) is 0 Å². The molecule has 0 aliphatic carbocycles. The SMILES string of the molecule is CC1=C(C)S(=S)C(Br)=N1. The molecule has 0 aromatic rings. The summed E-state index contributed by atoms with van der Waals surface area (Å²) in [5, 5.41) is 0. The van der Waals surface area contributed by atoms with Crippen LogP contribution in [0.25, 0.3) is 0 Å². The van der Waals surface area contributed by atoms with Crippen LogP contribution in [0, 0.1) is 0 Å². The monoisotopic (exact) mass is 223 g/mol. The van der Waals surface area contributed by atoms with Crippen molar-refractivity contribution >= 4 is 40.5 Å². The van der Waals surface area contributed by atoms with Crippen molar-refractivity contribution in [1.29, 1.82) is 0 Å². The molecule has 1 rings (SSSR count). The third-order valence-corrected chi connectivity index (χ3v) is 5.46. The second kappa shape index (κ2) is 2.60. The van der Waals surface area contributed by atoms with E-state index >= 15 is 0 Å². The van der Waals surface area contributed by atoms with Crippen molar-refractivity contribution in [1.82, 2.24) is 0 Å². The molecule has 4 heteroatoms. The lowest BCUT2D eigenvalue weighted by Gasteiger charge is -1.91. The molecular formula is C5H6BrNS2. The Morgan fingerprint density at radius 2 is 2.11 bits per heavy atom. The second-order valence-electron chi connectivity index (χ2n) is 1.78. The lowest BCUT2D eigenvalue weighted by molar-refractivity contribution is 1.30. The minimum atomic E-state index is -0.163. The van der Waals surface area contributed by atoms with Gasteiger partial charge in [-0.05, 0) is 50.4 Å². The van der Waals surface area contributed by atoms with Crippen molar-refractivity contribution in [2.24, 2.45) is 4.99 Å². The molecule has 0 aromatic carbocycles. The second-order valence-corrected chi connectivity index (χ2v) is 5.59. The van der Waals surface area contributed by atoms with Gasteiger partial charge >= 0.3 is 0 Å². The molecule has 1 aliphatic rings. The Bertz CT molecular complexity index is 229. The van der Waals surface area contributed by atoms with Crippen LogP contribution in [-0.2, 0) is 20.6 Å². The number of hydrogen-bond acceptors (Lipinski definition) is 2. The van der Waals surface area contributed by atoms with Gasteiger partial charge in [0.2, 0.25) is 0 Å². The molecule has 0 spiro atoms. The Labute approximate surface area is 70.0 Å². The Hall–Kier alpha value is 0.460. The number of rotatable bonds is 0. The first-order chi connectivity index (χ1) is 4.13. The van der Waals surface area contributed by atoms with E-state index in [2.05, 4.69) is 20.9 Å². The molecule has 0 aromatic heterocycles. The first kappa shape index (κ1) is 7.57. The number of hydrogen-bond donors (Lipinski definition) is 0. The van der Waals surface area contributed by atoms with Crippen LogP contribution < -0.4 is 0 Å². The van der Waals surface area contributed by atoms with Crippen molar-refractivity contribution in [3.05, 3.63) is 10.6 Å². The van der Waals surface area contributed by atoms with Crippen LogP contribution in [0.3, 0.4) is 0 Å². The minimum absolute atomic E-state index is 0.163. The fourth-order valence-electron chi connectivity index (χ4n) is 0.513. The molecule has 50 valence electrons. The van der Waals surface area contributed by atoms with Crippen LogP contribution in [0.4, 0.5) is 0 Å². The quantitative estimate of drug-likeness (QED) is 0.613. The smallest absolute Gasteiger partial charge is 0.148 e. The van der Waals surface area contributed by atoms with Gasteiger partial charge in [0, 0.05) is 10.6 Å². The summed E-state index contributed by atoms with van der Waals surface area (Å²) in [6.07, 6.45) is 0. The van der Waals surface area contributed by atoms with Gasteiger partial charge in [-0.1, -0.05) is 0 Å². The zero-order chi connectivity index (χ0) is 7.02. The van der Waals surface area contributed by atoms with Crippen LogP contribution in [0.15, 0.2) is 15.6 Å². The molecule has 0 radical (unpaired) electrons. The van der Waals surface area contributed by atoms with Crippen LogP contribution >= 0.6 is 15.9 Å². The van der Waals surface area contributed by atoms with E-state index in [0.717, 1.165) is 9.65 Å². The molecule has 1 atom stereocenters. The minimum Gasteiger partial charge on any atom is -0.238 e. The van der Waals surface area contributed by atoms with Crippen LogP contribution in [0.1, 0.15) is 13.8 Å². The Balaban J connectivity index is 3.06. The molecule has 1 nitrogen and oxygen atoms in total. The van der Waals surface area contributed by atoms with Crippen molar-refractivity contribution < 1.29 is 0 Å². The Kier molecular flexibility index (Phi) is 2.18. The van der Waals surface area contributed by atoms with E-state index in [1.54, 1.807) is 0 Å². The van der Waals surface area contributed by atoms with E-state index in [0.29, 0.717) is 0 Å². The van der Waals surface area contributed by atoms with Crippen LogP contribution in [-0.4, -0.2) is 3.95 Å². The summed E-state index contributed by atoms with van der Waals surface area (Å²) in [5.41, 5.74) is 1.07. The van der Waals surface area contributed by atoms with Crippen LogP contribution in [0.2, 0.25) is 0 Å². The molecule has 9 heavy (non-hydrogen) atoms. The maximum absolute atomic E-state index is 5.12. The summed E-state index contributed by atoms with van der Waals surface area (Å²) in [7, 11) is -0.163. The summed E-state index contributed by atoms with van der Waals surface area (Å²) in [5.74, 6) is 0. The predicted octanol–water partition coefficient (Wildman–Crippen LogP) is 2.08. The third kappa shape index (κ3) is 1.30. The predicted molar refractivity (Wildman–Crippen MR) is 49.5 cm³/mol. The molecular weight excluding hydrogens is 218 g/mol. The maximum Gasteiger partial charge on any atom is 0.148 e. The summed E-state index contributed by atoms with van der Waals surface area (Å²) in [6, 6.07) is 0. The fraction of sp³-hybridized carbons (Fsp3) is 0.400. The van der Waals surface area contributed by atoms with E-state index in [9.17, 15) is 0 Å². The van der Waals surface area contributed by atoms with Gasteiger partial charge in [0.15, 0.2) is 0 Å². The highest BCUT2D eigenvalue weighted by atomic mass is 79.9. The van der Waals surface area contributed by atoms with E-state index in [-0.39, 0.29) is 9.45 Å². The summed E-state index contributed by atoms with van der Waals surface area (Å²) >= 11 is 8.42. The van der Waals surface area contributed by atoms with Gasteiger partial charge in [-0.25, -0.2) is 4.99 Å². The van der Waals surface area contributed by atoms with Gasteiger partial charge in [0.1, 0.15) is 3.95 Å². The van der Waals surface area contributed by atoms with Crippen molar-refractivity contribution in [3.8, 4) is 0 Å². The lowest BCUT2D eigenvalue weighted by atomic mass is 10.5. The van der Waals surface area contributed by atoms with E-state index in [1.807, 2.05) is 13.8 Å². The molecule has 0 saturated carbocycles. The fourth-order valence-corrected chi connectivity index (χ4v) is 2.77. The normalized spacial score (nSPS) is 27.0. The van der Waals surface area contributed by atoms with E-state index in [4.69, 9.17) is 11.2 Å². The molecule has 0 amide bonds. The summed E-state index contributed by atoms with van der Waals surface area (Å²) < 4.78 is 0.910. The molecule has 1 heterocycles. The first-order valence-corrected chi connectivity index (χ1v) is 5.40. The summed E-state index contributed by atoms with van der Waals surface area (Å²) in [4.78, 5) is 5.39. The van der Waals surface area contributed by atoms with Crippen molar-refractivity contribution in [2.45, 2.75) is 13.8 Å². The van der Waals surface area contributed by atoms with Crippen molar-refractivity contribution in [2.75, 3.05) is 0 Å². The standard InChI is InChI=1S/C5H6BrNS2/c1-3-4(2)9(8)5(6)7-3/h1-2H3. The van der Waals surface area contributed by atoms with E-state index in [1.165, 1.54) is 4.91 Å². The molecule has 0 saturated heterocycles. The van der Waals surface area contributed by atoms with Crippen LogP contribution in [0.5, 0.6) is 0 Å². The van der Waals surface area contributed by atoms with Crippen molar-refractivity contribution in [3.63, 3.8) is 0 Å². The topological polar surface area (TPSA) is 12.4 Å². The zero-order valence-corrected chi connectivity index (χ0v) is 8.36. The molecule has 1 unspecified atom stereocenters. The lowest BCUT2D eigenvalue weighted by Crippen LogP contribution is -1.90. The van der Waals surface area contributed by atoms with Gasteiger partial charge in [0.05, 0.1) is 0 Å². The number of aliphatic imine (C=N–C) groups is 1.